The molecular formula is C22H19FN2S. The molecule has 2 aromatic carbocycles. The van der Waals surface area contributed by atoms with Gasteiger partial charge in [0.15, 0.2) is 0 Å². The molecule has 0 spiro atoms. The lowest BCUT2D eigenvalue weighted by molar-refractivity contribution is 0.620. The highest BCUT2D eigenvalue weighted by molar-refractivity contribution is 7.13. The third-order valence-corrected chi connectivity index (χ3v) is 5.29. The van der Waals surface area contributed by atoms with Gasteiger partial charge in [-0.2, -0.15) is 0 Å². The Labute approximate surface area is 156 Å². The third kappa shape index (κ3) is 3.52. The Bertz CT molecular complexity index is 1040. The molecule has 0 saturated heterocycles. The Morgan fingerprint density at radius 2 is 1.88 bits per heavy atom. The molecule has 0 atom stereocenters. The standard InChI is InChI=1S/C22H19FN2S/c1-15-5-2-7-17-12-18(14-24-13-16-6-3-8-19(23)11-16)22(25-21(15)17)20-9-4-10-26-20/h2-12,24H,13-14H2,1H3. The summed E-state index contributed by atoms with van der Waals surface area (Å²) < 4.78 is 13.3. The van der Waals surface area contributed by atoms with Gasteiger partial charge in [0.2, 0.25) is 0 Å². The molecule has 0 unspecified atom stereocenters. The number of pyridine rings is 1. The molecule has 26 heavy (non-hydrogen) atoms. The molecule has 0 aliphatic rings. The number of fused-ring (bicyclic) bond motifs is 1. The summed E-state index contributed by atoms with van der Waals surface area (Å²) >= 11 is 1.70. The van der Waals surface area contributed by atoms with Gasteiger partial charge in [0.25, 0.3) is 0 Å². The Hall–Kier alpha value is -2.56. The molecular weight excluding hydrogens is 343 g/mol. The molecule has 1 N–H and O–H groups in total. The predicted octanol–water partition coefficient (Wildman–Crippen LogP) is 5.70. The zero-order valence-electron chi connectivity index (χ0n) is 14.5. The number of aryl methyl sites for hydroxylation is 1. The number of nitrogens with zero attached hydrogens (tertiary/aromatic N) is 1. The summed E-state index contributed by atoms with van der Waals surface area (Å²) in [7, 11) is 0. The molecule has 0 fully saturated rings. The van der Waals surface area contributed by atoms with Crippen LogP contribution in [0.3, 0.4) is 0 Å². The Morgan fingerprint density at radius 3 is 2.69 bits per heavy atom. The van der Waals surface area contributed by atoms with E-state index in [1.54, 1.807) is 23.5 Å². The first-order valence-corrected chi connectivity index (χ1v) is 9.47. The maximum absolute atomic E-state index is 13.3. The van der Waals surface area contributed by atoms with Gasteiger partial charge in [-0.15, -0.1) is 11.3 Å². The highest BCUT2D eigenvalue weighted by Crippen LogP contribution is 2.30. The van der Waals surface area contributed by atoms with Crippen LogP contribution in [0.15, 0.2) is 66.0 Å². The molecule has 2 aromatic heterocycles. The van der Waals surface area contributed by atoms with Gasteiger partial charge in [-0.05, 0) is 53.3 Å². The highest BCUT2D eigenvalue weighted by atomic mass is 32.1. The smallest absolute Gasteiger partial charge is 0.123 e. The number of halogens is 1. The van der Waals surface area contributed by atoms with E-state index < -0.39 is 0 Å². The fraction of sp³-hybridized carbons (Fsp3) is 0.136. The molecule has 4 aromatic rings. The monoisotopic (exact) mass is 362 g/mol. The van der Waals surface area contributed by atoms with Crippen LogP contribution in [0.5, 0.6) is 0 Å². The average molecular weight is 362 g/mol. The first kappa shape index (κ1) is 16.9. The summed E-state index contributed by atoms with van der Waals surface area (Å²) in [6, 6.07) is 19.3. The molecule has 4 rings (SSSR count). The SMILES string of the molecule is Cc1cccc2cc(CNCc3cccc(F)c3)c(-c3cccs3)nc12. The fourth-order valence-electron chi connectivity index (χ4n) is 3.14. The minimum Gasteiger partial charge on any atom is -0.309 e. The Kier molecular flexibility index (Phi) is 4.78. The first-order valence-electron chi connectivity index (χ1n) is 8.59. The van der Waals surface area contributed by atoms with Gasteiger partial charge < -0.3 is 5.32 Å². The second kappa shape index (κ2) is 7.36. The Balaban J connectivity index is 1.65. The first-order chi connectivity index (χ1) is 12.7. The van der Waals surface area contributed by atoms with E-state index in [-0.39, 0.29) is 5.82 Å². The van der Waals surface area contributed by atoms with Crippen LogP contribution in [-0.4, -0.2) is 4.98 Å². The lowest BCUT2D eigenvalue weighted by Crippen LogP contribution is -2.14. The summed E-state index contributed by atoms with van der Waals surface area (Å²) in [4.78, 5) is 6.13. The van der Waals surface area contributed by atoms with Crippen molar-refractivity contribution in [2.75, 3.05) is 0 Å². The van der Waals surface area contributed by atoms with Crippen LogP contribution in [-0.2, 0) is 13.1 Å². The van der Waals surface area contributed by atoms with Crippen molar-refractivity contribution in [2.45, 2.75) is 20.0 Å². The van der Waals surface area contributed by atoms with Crippen LogP contribution in [0, 0.1) is 12.7 Å². The molecule has 2 heterocycles. The van der Waals surface area contributed by atoms with Crippen molar-refractivity contribution in [1.82, 2.24) is 10.3 Å². The normalized spacial score (nSPS) is 11.2. The fourth-order valence-corrected chi connectivity index (χ4v) is 3.89. The van der Waals surface area contributed by atoms with Gasteiger partial charge in [-0.25, -0.2) is 9.37 Å². The van der Waals surface area contributed by atoms with Crippen LogP contribution in [0.25, 0.3) is 21.5 Å². The topological polar surface area (TPSA) is 24.9 Å². The zero-order valence-corrected chi connectivity index (χ0v) is 15.3. The van der Waals surface area contributed by atoms with E-state index in [1.807, 2.05) is 12.1 Å². The van der Waals surface area contributed by atoms with E-state index >= 15 is 0 Å². The van der Waals surface area contributed by atoms with Crippen LogP contribution in [0.1, 0.15) is 16.7 Å². The number of para-hydroxylation sites is 1. The number of hydrogen-bond donors (Lipinski definition) is 1. The summed E-state index contributed by atoms with van der Waals surface area (Å²) in [6.07, 6.45) is 0. The number of aromatic nitrogens is 1. The molecule has 0 aliphatic heterocycles. The second-order valence-electron chi connectivity index (χ2n) is 6.35. The number of rotatable bonds is 5. The maximum Gasteiger partial charge on any atom is 0.123 e. The number of thiophene rings is 1. The van der Waals surface area contributed by atoms with E-state index in [0.717, 1.165) is 32.6 Å². The molecule has 4 heteroatoms. The van der Waals surface area contributed by atoms with E-state index in [0.29, 0.717) is 13.1 Å². The van der Waals surface area contributed by atoms with E-state index in [4.69, 9.17) is 4.98 Å². The van der Waals surface area contributed by atoms with Gasteiger partial charge in [-0.3, -0.25) is 0 Å². The van der Waals surface area contributed by atoms with E-state index in [1.165, 1.54) is 11.6 Å². The van der Waals surface area contributed by atoms with E-state index in [9.17, 15) is 4.39 Å². The summed E-state index contributed by atoms with van der Waals surface area (Å²) in [5.74, 6) is -0.202. The van der Waals surface area contributed by atoms with Crippen LogP contribution < -0.4 is 5.32 Å². The van der Waals surface area contributed by atoms with Crippen LogP contribution >= 0.6 is 11.3 Å². The van der Waals surface area contributed by atoms with Crippen LogP contribution in [0.2, 0.25) is 0 Å². The van der Waals surface area contributed by atoms with Gasteiger partial charge >= 0.3 is 0 Å². The third-order valence-electron chi connectivity index (χ3n) is 4.41. The number of hydrogen-bond acceptors (Lipinski definition) is 3. The van der Waals surface area contributed by atoms with Crippen LogP contribution in [0.4, 0.5) is 4.39 Å². The number of nitrogens with one attached hydrogen (secondary N) is 1. The van der Waals surface area contributed by atoms with Crippen molar-refractivity contribution in [3.8, 4) is 10.6 Å². The largest absolute Gasteiger partial charge is 0.309 e. The van der Waals surface area contributed by atoms with Crippen molar-refractivity contribution in [3.05, 3.63) is 88.6 Å². The quantitative estimate of drug-likeness (QED) is 0.492. The summed E-state index contributed by atoms with van der Waals surface area (Å²) in [5, 5.41) is 6.64. The lowest BCUT2D eigenvalue weighted by atomic mass is 10.1. The molecule has 0 aliphatic carbocycles. The Morgan fingerprint density at radius 1 is 1.00 bits per heavy atom. The van der Waals surface area contributed by atoms with Crippen molar-refractivity contribution in [2.24, 2.45) is 0 Å². The molecule has 0 saturated carbocycles. The average Bonchev–Trinajstić information content (AvgIpc) is 3.16. The number of benzene rings is 2. The summed E-state index contributed by atoms with van der Waals surface area (Å²) in [6.45, 7) is 3.39. The minimum atomic E-state index is -0.202. The molecule has 2 nitrogen and oxygen atoms in total. The van der Waals surface area contributed by atoms with Crippen molar-refractivity contribution in [3.63, 3.8) is 0 Å². The molecule has 0 amide bonds. The predicted molar refractivity (Wildman–Crippen MR) is 107 cm³/mol. The van der Waals surface area contributed by atoms with Crippen molar-refractivity contribution < 1.29 is 4.39 Å². The molecule has 0 radical (unpaired) electrons. The van der Waals surface area contributed by atoms with Crippen molar-refractivity contribution >= 4 is 22.2 Å². The highest BCUT2D eigenvalue weighted by Gasteiger charge is 2.11. The van der Waals surface area contributed by atoms with Gasteiger partial charge in [0.05, 0.1) is 16.1 Å². The second-order valence-corrected chi connectivity index (χ2v) is 7.30. The lowest BCUT2D eigenvalue weighted by Gasteiger charge is -2.12. The molecule has 0 bridgehead atoms. The maximum atomic E-state index is 13.3. The zero-order chi connectivity index (χ0) is 17.9. The molecule has 130 valence electrons. The summed E-state index contributed by atoms with van der Waals surface area (Å²) in [5.41, 5.74) is 5.34. The van der Waals surface area contributed by atoms with Gasteiger partial charge in [-0.1, -0.05) is 36.4 Å². The van der Waals surface area contributed by atoms with E-state index in [2.05, 4.69) is 48.0 Å². The van der Waals surface area contributed by atoms with Gasteiger partial charge in [0, 0.05) is 18.5 Å². The minimum absolute atomic E-state index is 0.202. The van der Waals surface area contributed by atoms with Crippen molar-refractivity contribution in [1.29, 1.82) is 0 Å². The van der Waals surface area contributed by atoms with Gasteiger partial charge in [0.1, 0.15) is 5.82 Å².